The van der Waals surface area contributed by atoms with Crippen molar-refractivity contribution in [2.24, 2.45) is 5.73 Å². The normalized spacial score (nSPS) is 10.3. The molecule has 18 heavy (non-hydrogen) atoms. The van der Waals surface area contributed by atoms with Gasteiger partial charge in [-0.2, -0.15) is 0 Å². The zero-order valence-corrected chi connectivity index (χ0v) is 12.1. The van der Waals surface area contributed by atoms with Gasteiger partial charge in [0.05, 0.1) is 0 Å². The molecule has 1 heterocycles. The molecule has 0 bridgehead atoms. The van der Waals surface area contributed by atoms with Crippen LogP contribution in [0.25, 0.3) is 0 Å². The molecule has 2 aromatic rings. The molecule has 2 rings (SSSR count). The number of aryl methyl sites for hydroxylation is 2. The van der Waals surface area contributed by atoms with E-state index in [0.29, 0.717) is 4.99 Å². The summed E-state index contributed by atoms with van der Waals surface area (Å²) in [7, 11) is 0. The standard InChI is InChI=1S/C14H16N2S2/c1-9-7-11(18-10(9)2)8-16-13-6-4-3-5-12(13)14(15)17/h3-7,16H,8H2,1-2H3,(H2,15,17). The van der Waals surface area contributed by atoms with Crippen molar-refractivity contribution < 1.29 is 0 Å². The van der Waals surface area contributed by atoms with Crippen molar-refractivity contribution in [3.05, 3.63) is 51.2 Å². The summed E-state index contributed by atoms with van der Waals surface area (Å²) in [4.78, 5) is 3.12. The molecule has 94 valence electrons. The second-order valence-electron chi connectivity index (χ2n) is 4.22. The molecule has 0 aliphatic rings. The van der Waals surface area contributed by atoms with Crippen molar-refractivity contribution >= 4 is 34.2 Å². The molecule has 0 spiro atoms. The molecule has 0 saturated carbocycles. The van der Waals surface area contributed by atoms with E-state index in [4.69, 9.17) is 18.0 Å². The fourth-order valence-corrected chi connectivity index (χ4v) is 2.94. The highest BCUT2D eigenvalue weighted by Gasteiger charge is 2.05. The number of nitrogens with one attached hydrogen (secondary N) is 1. The van der Waals surface area contributed by atoms with Crippen LogP contribution in [0.2, 0.25) is 0 Å². The highest BCUT2D eigenvalue weighted by molar-refractivity contribution is 7.80. The van der Waals surface area contributed by atoms with Gasteiger partial charge in [-0.3, -0.25) is 0 Å². The molecular weight excluding hydrogens is 260 g/mol. The SMILES string of the molecule is Cc1cc(CNc2ccccc2C(N)=S)sc1C. The lowest BCUT2D eigenvalue weighted by molar-refractivity contribution is 1.19. The first kappa shape index (κ1) is 13.1. The number of hydrogen-bond acceptors (Lipinski definition) is 3. The predicted octanol–water partition coefficient (Wildman–Crippen LogP) is 3.61. The van der Waals surface area contributed by atoms with E-state index in [2.05, 4.69) is 25.2 Å². The van der Waals surface area contributed by atoms with E-state index in [1.807, 2.05) is 35.6 Å². The second-order valence-corrected chi connectivity index (χ2v) is 6.00. The zero-order chi connectivity index (χ0) is 13.1. The summed E-state index contributed by atoms with van der Waals surface area (Å²) in [6.07, 6.45) is 0. The molecule has 1 aromatic heterocycles. The number of hydrogen-bond donors (Lipinski definition) is 2. The lowest BCUT2D eigenvalue weighted by atomic mass is 10.2. The number of thiocarbonyl (C=S) groups is 1. The Morgan fingerprint density at radius 3 is 2.67 bits per heavy atom. The summed E-state index contributed by atoms with van der Waals surface area (Å²) >= 11 is 6.87. The van der Waals surface area contributed by atoms with Gasteiger partial charge in [0.15, 0.2) is 0 Å². The van der Waals surface area contributed by atoms with Crippen molar-refractivity contribution in [3.8, 4) is 0 Å². The van der Waals surface area contributed by atoms with Crippen LogP contribution < -0.4 is 11.1 Å². The fraction of sp³-hybridized carbons (Fsp3) is 0.214. The van der Waals surface area contributed by atoms with Crippen LogP contribution in [0.3, 0.4) is 0 Å². The molecule has 0 atom stereocenters. The Morgan fingerprint density at radius 2 is 2.06 bits per heavy atom. The minimum absolute atomic E-state index is 0.427. The van der Waals surface area contributed by atoms with Crippen LogP contribution in [0.1, 0.15) is 20.9 Å². The van der Waals surface area contributed by atoms with Crippen LogP contribution in [0, 0.1) is 13.8 Å². The highest BCUT2D eigenvalue weighted by atomic mass is 32.1. The summed E-state index contributed by atoms with van der Waals surface area (Å²) < 4.78 is 0. The third kappa shape index (κ3) is 2.89. The maximum Gasteiger partial charge on any atom is 0.106 e. The Morgan fingerprint density at radius 1 is 1.33 bits per heavy atom. The number of anilines is 1. The van der Waals surface area contributed by atoms with Gasteiger partial charge in [-0.1, -0.05) is 24.4 Å². The molecule has 0 radical (unpaired) electrons. The number of rotatable bonds is 4. The molecular formula is C14H16N2S2. The summed E-state index contributed by atoms with van der Waals surface area (Å²) in [6, 6.07) is 10.1. The topological polar surface area (TPSA) is 38.0 Å². The minimum Gasteiger partial charge on any atom is -0.389 e. The van der Waals surface area contributed by atoms with Crippen LogP contribution in [-0.4, -0.2) is 4.99 Å². The summed E-state index contributed by atoms with van der Waals surface area (Å²) in [6.45, 7) is 5.09. The maximum absolute atomic E-state index is 5.71. The van der Waals surface area contributed by atoms with Gasteiger partial charge in [0.2, 0.25) is 0 Å². The van der Waals surface area contributed by atoms with Crippen molar-refractivity contribution in [1.82, 2.24) is 0 Å². The fourth-order valence-electron chi connectivity index (χ4n) is 1.77. The van der Waals surface area contributed by atoms with E-state index in [1.165, 1.54) is 15.3 Å². The number of nitrogens with two attached hydrogens (primary N) is 1. The summed E-state index contributed by atoms with van der Waals surface area (Å²) in [5.41, 5.74) is 8.95. The van der Waals surface area contributed by atoms with Crippen LogP contribution in [-0.2, 0) is 6.54 Å². The van der Waals surface area contributed by atoms with Gasteiger partial charge in [0.1, 0.15) is 4.99 Å². The molecule has 3 N–H and O–H groups in total. The molecule has 0 saturated heterocycles. The third-order valence-electron chi connectivity index (χ3n) is 2.86. The van der Waals surface area contributed by atoms with Crippen LogP contribution >= 0.6 is 23.6 Å². The van der Waals surface area contributed by atoms with Gasteiger partial charge in [0, 0.05) is 27.5 Å². The summed E-state index contributed by atoms with van der Waals surface area (Å²) in [5, 5.41) is 3.39. The average Bonchev–Trinajstić information content (AvgIpc) is 2.66. The molecule has 0 aliphatic carbocycles. The molecule has 1 aromatic carbocycles. The third-order valence-corrected chi connectivity index (χ3v) is 4.24. The number of para-hydroxylation sites is 1. The minimum atomic E-state index is 0.427. The number of thiophene rings is 1. The molecule has 0 amide bonds. The zero-order valence-electron chi connectivity index (χ0n) is 10.5. The van der Waals surface area contributed by atoms with E-state index in [0.717, 1.165) is 17.8 Å². The summed E-state index contributed by atoms with van der Waals surface area (Å²) in [5.74, 6) is 0. The van der Waals surface area contributed by atoms with E-state index in [1.54, 1.807) is 0 Å². The predicted molar refractivity (Wildman–Crippen MR) is 83.4 cm³/mol. The van der Waals surface area contributed by atoms with Gasteiger partial charge < -0.3 is 11.1 Å². The van der Waals surface area contributed by atoms with E-state index in [-0.39, 0.29) is 0 Å². The Hall–Kier alpha value is -1.39. The van der Waals surface area contributed by atoms with Crippen LogP contribution in [0.4, 0.5) is 5.69 Å². The Balaban J connectivity index is 2.13. The molecule has 4 heteroatoms. The first-order chi connectivity index (χ1) is 8.58. The first-order valence-corrected chi connectivity index (χ1v) is 6.99. The van der Waals surface area contributed by atoms with E-state index < -0.39 is 0 Å². The first-order valence-electron chi connectivity index (χ1n) is 5.76. The maximum atomic E-state index is 5.71. The van der Waals surface area contributed by atoms with Crippen molar-refractivity contribution in [2.45, 2.75) is 20.4 Å². The van der Waals surface area contributed by atoms with Crippen LogP contribution in [0.15, 0.2) is 30.3 Å². The smallest absolute Gasteiger partial charge is 0.106 e. The molecule has 0 aliphatic heterocycles. The van der Waals surface area contributed by atoms with Gasteiger partial charge in [-0.25, -0.2) is 0 Å². The van der Waals surface area contributed by atoms with Gasteiger partial charge >= 0.3 is 0 Å². The Labute approximate surface area is 117 Å². The van der Waals surface area contributed by atoms with Gasteiger partial charge in [-0.05, 0) is 37.6 Å². The van der Waals surface area contributed by atoms with E-state index >= 15 is 0 Å². The monoisotopic (exact) mass is 276 g/mol. The van der Waals surface area contributed by atoms with Gasteiger partial charge in [-0.15, -0.1) is 11.3 Å². The Kier molecular flexibility index (Phi) is 3.99. The largest absolute Gasteiger partial charge is 0.389 e. The van der Waals surface area contributed by atoms with Crippen molar-refractivity contribution in [1.29, 1.82) is 0 Å². The number of benzene rings is 1. The Bertz CT molecular complexity index is 553. The highest BCUT2D eigenvalue weighted by Crippen LogP contribution is 2.22. The van der Waals surface area contributed by atoms with Crippen LogP contribution in [0.5, 0.6) is 0 Å². The average molecular weight is 276 g/mol. The van der Waals surface area contributed by atoms with Gasteiger partial charge in [0.25, 0.3) is 0 Å². The lowest BCUT2D eigenvalue weighted by Gasteiger charge is -2.09. The lowest BCUT2D eigenvalue weighted by Crippen LogP contribution is -2.12. The van der Waals surface area contributed by atoms with Crippen molar-refractivity contribution in [2.75, 3.05) is 5.32 Å². The quantitative estimate of drug-likeness (QED) is 0.838. The van der Waals surface area contributed by atoms with E-state index in [9.17, 15) is 0 Å². The second kappa shape index (κ2) is 5.50. The molecule has 0 unspecified atom stereocenters. The molecule has 2 nitrogen and oxygen atoms in total. The molecule has 0 fully saturated rings. The van der Waals surface area contributed by atoms with Crippen molar-refractivity contribution in [3.63, 3.8) is 0 Å².